The van der Waals surface area contributed by atoms with Crippen molar-refractivity contribution in [2.24, 2.45) is 11.3 Å². The average Bonchev–Trinajstić information content (AvgIpc) is 3.39. The summed E-state index contributed by atoms with van der Waals surface area (Å²) in [4.78, 5) is 26.4. The first-order valence-corrected chi connectivity index (χ1v) is 11.4. The third kappa shape index (κ3) is 4.66. The number of allylic oxidation sites excluding steroid dienone is 3. The third-order valence-electron chi connectivity index (χ3n) is 6.57. The zero-order valence-electron chi connectivity index (χ0n) is 19.1. The number of ether oxygens (including phenoxy) is 2. The SMILES string of the molecule is COC(=O)C1(C(=O)OC)C/C(=C\c2cccs2)C(/C=C/CB2OC(C)(C)C(C)(C)O2)C1. The average molecular weight is 446 g/mol. The Morgan fingerprint density at radius 3 is 2.29 bits per heavy atom. The highest BCUT2D eigenvalue weighted by molar-refractivity contribution is 7.10. The molecule has 0 bridgehead atoms. The normalized spacial score (nSPS) is 25.3. The highest BCUT2D eigenvalue weighted by atomic mass is 32.1. The van der Waals surface area contributed by atoms with Crippen LogP contribution in [0, 0.1) is 11.3 Å². The van der Waals surface area contributed by atoms with Crippen molar-refractivity contribution in [3.63, 3.8) is 0 Å². The summed E-state index contributed by atoms with van der Waals surface area (Å²) in [5, 5.41) is 2.00. The molecule has 1 aliphatic carbocycles. The Balaban J connectivity index is 1.83. The molecule has 1 aliphatic heterocycles. The number of esters is 2. The first-order valence-electron chi connectivity index (χ1n) is 10.5. The Morgan fingerprint density at radius 1 is 1.16 bits per heavy atom. The largest absolute Gasteiger partial charge is 0.468 e. The zero-order chi connectivity index (χ0) is 22.9. The summed E-state index contributed by atoms with van der Waals surface area (Å²) in [6.07, 6.45) is 7.28. The molecule has 0 N–H and O–H groups in total. The molecule has 0 amide bonds. The fourth-order valence-corrected chi connectivity index (χ4v) is 4.86. The molecule has 6 nitrogen and oxygen atoms in total. The van der Waals surface area contributed by atoms with Crippen LogP contribution in [0.25, 0.3) is 6.08 Å². The zero-order valence-corrected chi connectivity index (χ0v) is 19.9. The molecular formula is C23H31BO6S. The van der Waals surface area contributed by atoms with Crippen LogP contribution in [0.15, 0.2) is 35.2 Å². The fourth-order valence-electron chi connectivity index (χ4n) is 4.16. The molecule has 3 rings (SSSR count). The first kappa shape index (κ1) is 23.8. The molecule has 1 saturated carbocycles. The number of hydrogen-bond donors (Lipinski definition) is 0. The van der Waals surface area contributed by atoms with Crippen molar-refractivity contribution in [2.75, 3.05) is 14.2 Å². The van der Waals surface area contributed by atoms with Crippen LogP contribution >= 0.6 is 11.3 Å². The van der Waals surface area contributed by atoms with E-state index in [1.807, 2.05) is 57.4 Å². The van der Waals surface area contributed by atoms with Crippen molar-refractivity contribution in [3.05, 3.63) is 40.1 Å². The van der Waals surface area contributed by atoms with Gasteiger partial charge in [0.2, 0.25) is 0 Å². The van der Waals surface area contributed by atoms with E-state index in [9.17, 15) is 9.59 Å². The maximum absolute atomic E-state index is 12.6. The summed E-state index contributed by atoms with van der Waals surface area (Å²) >= 11 is 1.61. The predicted molar refractivity (Wildman–Crippen MR) is 122 cm³/mol. The van der Waals surface area contributed by atoms with E-state index in [1.54, 1.807) is 11.3 Å². The monoisotopic (exact) mass is 446 g/mol. The second-order valence-electron chi connectivity index (χ2n) is 9.14. The van der Waals surface area contributed by atoms with Crippen LogP contribution in [-0.2, 0) is 28.4 Å². The van der Waals surface area contributed by atoms with Crippen LogP contribution in [0.3, 0.4) is 0 Å². The quantitative estimate of drug-likeness (QED) is 0.277. The fraction of sp³-hybridized carbons (Fsp3) is 0.565. The van der Waals surface area contributed by atoms with E-state index >= 15 is 0 Å². The van der Waals surface area contributed by atoms with Crippen molar-refractivity contribution < 1.29 is 28.4 Å². The van der Waals surface area contributed by atoms with E-state index in [4.69, 9.17) is 18.8 Å². The molecule has 31 heavy (non-hydrogen) atoms. The van der Waals surface area contributed by atoms with Crippen molar-refractivity contribution in [1.82, 2.24) is 0 Å². The Labute approximate surface area is 188 Å². The van der Waals surface area contributed by atoms with E-state index in [2.05, 4.69) is 6.08 Å². The molecule has 0 radical (unpaired) electrons. The lowest BCUT2D eigenvalue weighted by Gasteiger charge is -2.32. The molecule has 2 fully saturated rings. The smallest absolute Gasteiger partial charge is 0.461 e. The predicted octanol–water partition coefficient (Wildman–Crippen LogP) is 4.52. The minimum absolute atomic E-state index is 0.0947. The van der Waals surface area contributed by atoms with Gasteiger partial charge in [0.1, 0.15) is 0 Å². The van der Waals surface area contributed by atoms with E-state index < -0.39 is 17.4 Å². The molecule has 1 atom stereocenters. The number of thiophene rings is 1. The molecule has 0 aromatic carbocycles. The molecule has 2 aliphatic rings. The van der Waals surface area contributed by atoms with Gasteiger partial charge in [-0.2, -0.15) is 0 Å². The molecule has 168 valence electrons. The third-order valence-corrected chi connectivity index (χ3v) is 7.39. The second kappa shape index (κ2) is 8.92. The molecule has 2 heterocycles. The molecule has 0 spiro atoms. The Bertz CT molecular complexity index is 839. The summed E-state index contributed by atoms with van der Waals surface area (Å²) in [6, 6.07) is 3.99. The highest BCUT2D eigenvalue weighted by Gasteiger charge is 2.55. The molecule has 1 aromatic heterocycles. The van der Waals surface area contributed by atoms with Crippen LogP contribution in [0.1, 0.15) is 45.4 Å². The van der Waals surface area contributed by atoms with Crippen LogP contribution in [0.2, 0.25) is 6.32 Å². The van der Waals surface area contributed by atoms with Gasteiger partial charge in [-0.05, 0) is 64.0 Å². The Kier molecular flexibility index (Phi) is 6.84. The summed E-state index contributed by atoms with van der Waals surface area (Å²) in [6.45, 7) is 8.10. The second-order valence-corrected chi connectivity index (χ2v) is 10.1. The van der Waals surface area contributed by atoms with E-state index in [-0.39, 0.29) is 30.7 Å². The van der Waals surface area contributed by atoms with E-state index in [0.717, 1.165) is 10.5 Å². The lowest BCUT2D eigenvalue weighted by Crippen LogP contribution is -2.41. The van der Waals surface area contributed by atoms with Gasteiger partial charge >= 0.3 is 19.1 Å². The number of methoxy groups -OCH3 is 2. The van der Waals surface area contributed by atoms with Gasteiger partial charge in [0.25, 0.3) is 0 Å². The Hall–Kier alpha value is -1.90. The molecule has 1 unspecified atom stereocenters. The van der Waals surface area contributed by atoms with E-state index in [0.29, 0.717) is 12.7 Å². The standard InChI is InChI=1S/C23H31BO6S/c1-21(2)22(3,4)30-24(29-21)11-7-9-16-14-23(19(25)27-5,20(26)28-6)15-17(16)13-18-10-8-12-31-18/h7-10,12-13,16H,11,14-15H2,1-6H3/b9-7+,17-13+. The van der Waals surface area contributed by atoms with Gasteiger partial charge in [0, 0.05) is 11.2 Å². The summed E-state index contributed by atoms with van der Waals surface area (Å²) in [5.41, 5.74) is -1.09. The lowest BCUT2D eigenvalue weighted by atomic mass is 9.83. The molecular weight excluding hydrogens is 415 g/mol. The first-order chi connectivity index (χ1) is 14.5. The molecule has 1 aromatic rings. The van der Waals surface area contributed by atoms with Crippen LogP contribution < -0.4 is 0 Å². The lowest BCUT2D eigenvalue weighted by molar-refractivity contribution is -0.168. The van der Waals surface area contributed by atoms with Gasteiger partial charge in [0.05, 0.1) is 25.4 Å². The van der Waals surface area contributed by atoms with Gasteiger partial charge in [-0.15, -0.1) is 11.3 Å². The summed E-state index contributed by atoms with van der Waals surface area (Å²) < 4.78 is 22.1. The van der Waals surface area contributed by atoms with Crippen LogP contribution in [0.4, 0.5) is 0 Å². The topological polar surface area (TPSA) is 71.1 Å². The van der Waals surface area contributed by atoms with Crippen LogP contribution in [0.5, 0.6) is 0 Å². The Morgan fingerprint density at radius 2 is 1.77 bits per heavy atom. The number of carbonyl (C=O) groups is 2. The van der Waals surface area contributed by atoms with Crippen LogP contribution in [-0.4, -0.2) is 44.5 Å². The van der Waals surface area contributed by atoms with Gasteiger partial charge in [-0.1, -0.05) is 23.8 Å². The van der Waals surface area contributed by atoms with Gasteiger partial charge < -0.3 is 18.8 Å². The summed E-state index contributed by atoms with van der Waals surface area (Å²) in [7, 11) is 2.27. The number of rotatable bonds is 6. The van der Waals surface area contributed by atoms with Gasteiger partial charge in [-0.25, -0.2) is 0 Å². The maximum Gasteiger partial charge on any atom is 0.461 e. The molecule has 1 saturated heterocycles. The van der Waals surface area contributed by atoms with Crippen molar-refractivity contribution in [2.45, 2.75) is 58.1 Å². The van der Waals surface area contributed by atoms with Gasteiger partial charge in [0.15, 0.2) is 5.41 Å². The van der Waals surface area contributed by atoms with E-state index in [1.165, 1.54) is 14.2 Å². The minimum Gasteiger partial charge on any atom is -0.468 e. The number of carbonyl (C=O) groups excluding carboxylic acids is 2. The number of hydrogen-bond acceptors (Lipinski definition) is 7. The highest BCUT2D eigenvalue weighted by Crippen LogP contribution is 2.49. The minimum atomic E-state index is -1.33. The summed E-state index contributed by atoms with van der Waals surface area (Å²) in [5.74, 6) is -1.21. The maximum atomic E-state index is 12.6. The van der Waals surface area contributed by atoms with Crippen molar-refractivity contribution in [3.8, 4) is 0 Å². The van der Waals surface area contributed by atoms with Crippen molar-refractivity contribution >= 4 is 36.5 Å². The van der Waals surface area contributed by atoms with Crippen molar-refractivity contribution in [1.29, 1.82) is 0 Å². The molecule has 8 heteroatoms. The van der Waals surface area contributed by atoms with Gasteiger partial charge in [-0.3, -0.25) is 9.59 Å².